The summed E-state index contributed by atoms with van der Waals surface area (Å²) in [5, 5.41) is 3.51. The number of nitrogens with zero attached hydrogens (tertiary/aromatic N) is 1. The molecular formula is C16H21ClF2N2O2. The van der Waals surface area contributed by atoms with Crippen molar-refractivity contribution in [1.82, 2.24) is 10.2 Å². The molecule has 3 rings (SSSR count). The lowest BCUT2D eigenvalue weighted by atomic mass is 10.1. The summed E-state index contributed by atoms with van der Waals surface area (Å²) >= 11 is 0. The monoisotopic (exact) mass is 346 g/mol. The lowest BCUT2D eigenvalue weighted by Crippen LogP contribution is -2.44. The van der Waals surface area contributed by atoms with Crippen LogP contribution in [0.15, 0.2) is 18.2 Å². The Morgan fingerprint density at radius 1 is 1.26 bits per heavy atom. The van der Waals surface area contributed by atoms with Gasteiger partial charge in [-0.3, -0.25) is 4.79 Å². The van der Waals surface area contributed by atoms with E-state index in [2.05, 4.69) is 5.32 Å². The standard InChI is InChI=1S/C16H20F2N2O2.ClH/c1-10(22-13-4-5-14(17)15(18)8-13)16(21)20-7-6-11-2-3-12(9-20)19-11;/h4-5,8,10-12,19H,2-3,6-7,9H2,1H3;1H. The molecule has 2 bridgehead atoms. The highest BCUT2D eigenvalue weighted by atomic mass is 35.5. The summed E-state index contributed by atoms with van der Waals surface area (Å²) in [6.07, 6.45) is 2.49. The number of hydrogen-bond acceptors (Lipinski definition) is 3. The molecule has 128 valence electrons. The number of halogens is 3. The van der Waals surface area contributed by atoms with E-state index < -0.39 is 17.7 Å². The first kappa shape index (κ1) is 17.9. The molecule has 2 saturated heterocycles. The van der Waals surface area contributed by atoms with Crippen molar-refractivity contribution in [3.8, 4) is 5.75 Å². The number of ether oxygens (including phenoxy) is 1. The Morgan fingerprint density at radius 3 is 2.74 bits per heavy atom. The highest BCUT2D eigenvalue weighted by Crippen LogP contribution is 2.22. The summed E-state index contributed by atoms with van der Waals surface area (Å²) in [5.74, 6) is -1.86. The third kappa shape index (κ3) is 4.12. The lowest BCUT2D eigenvalue weighted by Gasteiger charge is -2.27. The number of likely N-dealkylation sites (tertiary alicyclic amines) is 1. The number of carbonyl (C=O) groups is 1. The van der Waals surface area contributed by atoms with Crippen molar-refractivity contribution in [1.29, 1.82) is 0 Å². The van der Waals surface area contributed by atoms with Gasteiger partial charge in [-0.05, 0) is 38.3 Å². The molecule has 0 radical (unpaired) electrons. The van der Waals surface area contributed by atoms with Crippen LogP contribution in [0.3, 0.4) is 0 Å². The zero-order valence-electron chi connectivity index (χ0n) is 12.9. The molecule has 2 aliphatic heterocycles. The number of hydrogen-bond donors (Lipinski definition) is 1. The predicted octanol–water partition coefficient (Wildman–Crippen LogP) is 2.51. The highest BCUT2D eigenvalue weighted by Gasteiger charge is 2.33. The van der Waals surface area contributed by atoms with Gasteiger partial charge in [-0.25, -0.2) is 8.78 Å². The molecule has 7 heteroatoms. The molecule has 0 aromatic heterocycles. The van der Waals surface area contributed by atoms with Gasteiger partial charge < -0.3 is 15.0 Å². The molecule has 2 heterocycles. The Morgan fingerprint density at radius 2 is 2.00 bits per heavy atom. The van der Waals surface area contributed by atoms with E-state index in [0.29, 0.717) is 25.2 Å². The van der Waals surface area contributed by atoms with Crippen molar-refractivity contribution in [2.45, 2.75) is 44.4 Å². The zero-order valence-corrected chi connectivity index (χ0v) is 13.7. The van der Waals surface area contributed by atoms with Crippen LogP contribution in [0, 0.1) is 11.6 Å². The molecule has 0 saturated carbocycles. The second-order valence-electron chi connectivity index (χ2n) is 6.05. The van der Waals surface area contributed by atoms with Gasteiger partial charge in [-0.2, -0.15) is 0 Å². The van der Waals surface area contributed by atoms with Crippen molar-refractivity contribution in [2.24, 2.45) is 0 Å². The Kier molecular flexibility index (Phi) is 5.81. The van der Waals surface area contributed by atoms with Gasteiger partial charge in [0.2, 0.25) is 0 Å². The first-order chi connectivity index (χ1) is 10.5. The second kappa shape index (κ2) is 7.45. The predicted molar refractivity (Wildman–Crippen MR) is 84.8 cm³/mol. The van der Waals surface area contributed by atoms with Gasteiger partial charge in [-0.1, -0.05) is 0 Å². The number of rotatable bonds is 3. The number of fused-ring (bicyclic) bond motifs is 2. The molecule has 2 aliphatic rings. The average molecular weight is 347 g/mol. The largest absolute Gasteiger partial charge is 0.481 e. The van der Waals surface area contributed by atoms with Crippen LogP contribution in [-0.4, -0.2) is 42.1 Å². The first-order valence-electron chi connectivity index (χ1n) is 7.69. The Hall–Kier alpha value is -1.40. The van der Waals surface area contributed by atoms with Crippen LogP contribution >= 0.6 is 12.4 Å². The van der Waals surface area contributed by atoms with Gasteiger partial charge in [0.15, 0.2) is 17.7 Å². The normalized spacial score (nSPS) is 24.6. The van der Waals surface area contributed by atoms with Crippen LogP contribution < -0.4 is 10.1 Å². The Balaban J connectivity index is 0.00000192. The molecule has 3 unspecified atom stereocenters. The smallest absolute Gasteiger partial charge is 0.263 e. The molecule has 0 spiro atoms. The molecule has 1 N–H and O–H groups in total. The van der Waals surface area contributed by atoms with Crippen molar-refractivity contribution in [2.75, 3.05) is 13.1 Å². The summed E-state index contributed by atoms with van der Waals surface area (Å²) in [7, 11) is 0. The molecule has 23 heavy (non-hydrogen) atoms. The summed E-state index contributed by atoms with van der Waals surface area (Å²) in [6.45, 7) is 3.03. The van der Waals surface area contributed by atoms with Crippen molar-refractivity contribution >= 4 is 18.3 Å². The SMILES string of the molecule is CC(Oc1ccc(F)c(F)c1)C(=O)N1CCC2CCC(C1)N2.Cl. The number of benzene rings is 1. The van der Waals surface area contributed by atoms with Crippen LogP contribution in [-0.2, 0) is 4.79 Å². The second-order valence-corrected chi connectivity index (χ2v) is 6.05. The molecule has 0 aliphatic carbocycles. The minimum absolute atomic E-state index is 0. The third-order valence-electron chi connectivity index (χ3n) is 4.39. The molecular weight excluding hydrogens is 326 g/mol. The van der Waals surface area contributed by atoms with E-state index >= 15 is 0 Å². The van der Waals surface area contributed by atoms with Gasteiger partial charge in [0.25, 0.3) is 5.91 Å². The molecule has 3 atom stereocenters. The zero-order chi connectivity index (χ0) is 15.7. The highest BCUT2D eigenvalue weighted by molar-refractivity contribution is 5.85. The van der Waals surface area contributed by atoms with Crippen LogP contribution in [0.1, 0.15) is 26.2 Å². The maximum absolute atomic E-state index is 13.2. The van der Waals surface area contributed by atoms with E-state index in [-0.39, 0.29) is 24.1 Å². The lowest BCUT2D eigenvalue weighted by molar-refractivity contribution is -0.138. The molecule has 1 aromatic rings. The molecule has 1 aromatic carbocycles. The number of carbonyl (C=O) groups excluding carboxylic acids is 1. The number of amides is 1. The van der Waals surface area contributed by atoms with E-state index in [0.717, 1.165) is 25.0 Å². The van der Waals surface area contributed by atoms with E-state index in [1.165, 1.54) is 12.5 Å². The first-order valence-corrected chi connectivity index (χ1v) is 7.69. The third-order valence-corrected chi connectivity index (χ3v) is 4.39. The van der Waals surface area contributed by atoms with Gasteiger partial charge in [0.05, 0.1) is 0 Å². The maximum atomic E-state index is 13.2. The Labute approximate surface area is 140 Å². The van der Waals surface area contributed by atoms with Gasteiger partial charge in [-0.15, -0.1) is 12.4 Å². The minimum atomic E-state index is -0.978. The fourth-order valence-corrected chi connectivity index (χ4v) is 3.20. The average Bonchev–Trinajstić information content (AvgIpc) is 2.81. The minimum Gasteiger partial charge on any atom is -0.481 e. The van der Waals surface area contributed by atoms with Crippen LogP contribution in [0.5, 0.6) is 5.75 Å². The topological polar surface area (TPSA) is 41.6 Å². The van der Waals surface area contributed by atoms with Crippen molar-refractivity contribution < 1.29 is 18.3 Å². The van der Waals surface area contributed by atoms with Gasteiger partial charge in [0, 0.05) is 31.2 Å². The van der Waals surface area contributed by atoms with Crippen LogP contribution in [0.25, 0.3) is 0 Å². The fourth-order valence-electron chi connectivity index (χ4n) is 3.20. The fraction of sp³-hybridized carbons (Fsp3) is 0.562. The summed E-state index contributed by atoms with van der Waals surface area (Å²) in [6, 6.07) is 4.15. The van der Waals surface area contributed by atoms with Crippen LogP contribution in [0.4, 0.5) is 8.78 Å². The van der Waals surface area contributed by atoms with Crippen molar-refractivity contribution in [3.63, 3.8) is 0 Å². The molecule has 4 nitrogen and oxygen atoms in total. The van der Waals surface area contributed by atoms with Crippen molar-refractivity contribution in [3.05, 3.63) is 29.8 Å². The van der Waals surface area contributed by atoms with Crippen LogP contribution in [0.2, 0.25) is 0 Å². The molecule has 1 amide bonds. The maximum Gasteiger partial charge on any atom is 0.263 e. The summed E-state index contributed by atoms with van der Waals surface area (Å²) in [4.78, 5) is 14.3. The number of nitrogens with one attached hydrogen (secondary N) is 1. The Bertz CT molecular complexity index is 573. The summed E-state index contributed by atoms with van der Waals surface area (Å²) < 4.78 is 31.6. The van der Waals surface area contributed by atoms with E-state index in [9.17, 15) is 13.6 Å². The quantitative estimate of drug-likeness (QED) is 0.914. The van der Waals surface area contributed by atoms with E-state index in [1.54, 1.807) is 11.8 Å². The van der Waals surface area contributed by atoms with E-state index in [1.807, 2.05) is 0 Å². The molecule has 2 fully saturated rings. The van der Waals surface area contributed by atoms with Gasteiger partial charge in [0.1, 0.15) is 5.75 Å². The summed E-state index contributed by atoms with van der Waals surface area (Å²) in [5.41, 5.74) is 0. The van der Waals surface area contributed by atoms with Gasteiger partial charge >= 0.3 is 0 Å². The van der Waals surface area contributed by atoms with E-state index in [4.69, 9.17) is 4.74 Å².